The Labute approximate surface area is 153 Å². The summed E-state index contributed by atoms with van der Waals surface area (Å²) in [5.74, 6) is 0. The summed E-state index contributed by atoms with van der Waals surface area (Å²) in [6.45, 7) is 6.17. The number of hydrogen-bond acceptors (Lipinski definition) is 3. The molecule has 1 rings (SSSR count). The average molecular weight is 349 g/mol. The number of nitrogens with zero attached hydrogens (tertiary/aromatic N) is 2. The fourth-order valence-electron chi connectivity index (χ4n) is 3.30. The predicted octanol–water partition coefficient (Wildman–Crippen LogP) is 6.73. The Balaban J connectivity index is 2.29. The van der Waals surface area contributed by atoms with E-state index in [1.165, 1.54) is 57.8 Å². The molecule has 0 bridgehead atoms. The lowest BCUT2D eigenvalue weighted by molar-refractivity contribution is -0.384. The number of para-hydroxylation sites is 2. The van der Waals surface area contributed by atoms with Gasteiger partial charge in [0.2, 0.25) is 0 Å². The highest BCUT2D eigenvalue weighted by atomic mass is 16.6. The molecule has 1 aromatic rings. The van der Waals surface area contributed by atoms with Gasteiger partial charge < -0.3 is 4.90 Å². The first-order chi connectivity index (χ1) is 12.2. The molecule has 0 aliphatic rings. The van der Waals surface area contributed by atoms with Crippen molar-refractivity contribution in [1.82, 2.24) is 0 Å². The molecule has 4 heteroatoms. The smallest absolute Gasteiger partial charge is 0.292 e. The Kier molecular flexibility index (Phi) is 11.7. The van der Waals surface area contributed by atoms with Gasteiger partial charge in [-0.3, -0.25) is 10.1 Å². The van der Waals surface area contributed by atoms with Crippen molar-refractivity contribution in [2.24, 2.45) is 0 Å². The third-order valence-corrected chi connectivity index (χ3v) is 4.69. The van der Waals surface area contributed by atoms with Gasteiger partial charge in [-0.1, -0.05) is 83.8 Å². The third kappa shape index (κ3) is 8.89. The second kappa shape index (κ2) is 13.7. The van der Waals surface area contributed by atoms with Crippen LogP contribution in [0, 0.1) is 10.1 Å². The highest BCUT2D eigenvalue weighted by molar-refractivity contribution is 5.62. The molecule has 0 amide bonds. The van der Waals surface area contributed by atoms with Crippen LogP contribution in [0.3, 0.4) is 0 Å². The van der Waals surface area contributed by atoms with E-state index in [-0.39, 0.29) is 10.6 Å². The maximum atomic E-state index is 11.3. The van der Waals surface area contributed by atoms with Gasteiger partial charge in [-0.05, 0) is 18.9 Å². The minimum absolute atomic E-state index is 0.225. The third-order valence-electron chi connectivity index (χ3n) is 4.69. The molecular formula is C21H36N2O2. The number of benzene rings is 1. The molecule has 0 heterocycles. The zero-order valence-electron chi connectivity index (χ0n) is 16.2. The molecule has 0 atom stereocenters. The van der Waals surface area contributed by atoms with Gasteiger partial charge >= 0.3 is 0 Å². The maximum Gasteiger partial charge on any atom is 0.292 e. The van der Waals surface area contributed by atoms with Crippen LogP contribution in [0.15, 0.2) is 24.3 Å². The number of nitro groups is 1. The normalized spacial score (nSPS) is 10.8. The first-order valence-corrected chi connectivity index (χ1v) is 10.2. The van der Waals surface area contributed by atoms with E-state index in [1.807, 2.05) is 12.1 Å². The topological polar surface area (TPSA) is 46.4 Å². The summed E-state index contributed by atoms with van der Waals surface area (Å²) < 4.78 is 0. The lowest BCUT2D eigenvalue weighted by Gasteiger charge is -2.24. The van der Waals surface area contributed by atoms with Crippen molar-refractivity contribution in [1.29, 1.82) is 0 Å². The summed E-state index contributed by atoms with van der Waals surface area (Å²) >= 11 is 0. The van der Waals surface area contributed by atoms with E-state index in [1.54, 1.807) is 12.1 Å². The van der Waals surface area contributed by atoms with E-state index in [0.29, 0.717) is 0 Å². The molecule has 0 saturated heterocycles. The molecule has 25 heavy (non-hydrogen) atoms. The quantitative estimate of drug-likeness (QED) is 0.200. The van der Waals surface area contributed by atoms with E-state index in [2.05, 4.69) is 18.7 Å². The van der Waals surface area contributed by atoms with Gasteiger partial charge in [0, 0.05) is 19.2 Å². The summed E-state index contributed by atoms with van der Waals surface area (Å²) in [7, 11) is 0. The minimum Gasteiger partial charge on any atom is -0.366 e. The van der Waals surface area contributed by atoms with Crippen LogP contribution >= 0.6 is 0 Å². The molecule has 0 N–H and O–H groups in total. The van der Waals surface area contributed by atoms with Gasteiger partial charge in [0.15, 0.2) is 0 Å². The Bertz CT molecular complexity index is 477. The van der Waals surface area contributed by atoms with Crippen molar-refractivity contribution >= 4 is 11.4 Å². The van der Waals surface area contributed by atoms with Crippen LogP contribution in [0.2, 0.25) is 0 Å². The van der Waals surface area contributed by atoms with E-state index in [4.69, 9.17) is 0 Å². The maximum absolute atomic E-state index is 11.3. The summed E-state index contributed by atoms with van der Waals surface area (Å²) in [6, 6.07) is 7.12. The zero-order valence-corrected chi connectivity index (χ0v) is 16.2. The van der Waals surface area contributed by atoms with Crippen LogP contribution in [0.1, 0.15) is 84.5 Å². The lowest BCUT2D eigenvalue weighted by atomic mass is 10.1. The molecule has 0 unspecified atom stereocenters. The Morgan fingerprint density at radius 2 is 1.36 bits per heavy atom. The van der Waals surface area contributed by atoms with Crippen LogP contribution < -0.4 is 4.90 Å². The summed E-state index contributed by atoms with van der Waals surface area (Å²) in [6.07, 6.45) is 14.1. The molecule has 0 radical (unpaired) electrons. The Morgan fingerprint density at radius 1 is 0.800 bits per heavy atom. The molecule has 1 aromatic carbocycles. The summed E-state index contributed by atoms with van der Waals surface area (Å²) in [5.41, 5.74) is 0.994. The zero-order chi connectivity index (χ0) is 18.3. The van der Waals surface area contributed by atoms with Gasteiger partial charge in [0.1, 0.15) is 5.69 Å². The average Bonchev–Trinajstić information content (AvgIpc) is 2.62. The fourth-order valence-corrected chi connectivity index (χ4v) is 3.30. The lowest BCUT2D eigenvalue weighted by Crippen LogP contribution is -2.26. The van der Waals surface area contributed by atoms with Gasteiger partial charge in [-0.2, -0.15) is 0 Å². The van der Waals surface area contributed by atoms with Crippen molar-refractivity contribution in [2.45, 2.75) is 84.5 Å². The molecule has 142 valence electrons. The molecule has 0 saturated carbocycles. The number of hydrogen-bond donors (Lipinski definition) is 0. The van der Waals surface area contributed by atoms with Crippen LogP contribution in [-0.4, -0.2) is 18.0 Å². The predicted molar refractivity (Wildman–Crippen MR) is 107 cm³/mol. The van der Waals surface area contributed by atoms with Crippen molar-refractivity contribution in [3.8, 4) is 0 Å². The molecule has 4 nitrogen and oxygen atoms in total. The van der Waals surface area contributed by atoms with Crippen molar-refractivity contribution < 1.29 is 4.92 Å². The van der Waals surface area contributed by atoms with E-state index in [0.717, 1.165) is 31.6 Å². The van der Waals surface area contributed by atoms with E-state index in [9.17, 15) is 10.1 Å². The van der Waals surface area contributed by atoms with Crippen LogP contribution in [0.25, 0.3) is 0 Å². The van der Waals surface area contributed by atoms with Crippen molar-refractivity contribution in [2.75, 3.05) is 18.0 Å². The van der Waals surface area contributed by atoms with Crippen molar-refractivity contribution in [3.63, 3.8) is 0 Å². The van der Waals surface area contributed by atoms with E-state index >= 15 is 0 Å². The number of rotatable bonds is 15. The number of nitro benzene ring substituents is 1. The first kappa shape index (κ1) is 21.5. The second-order valence-corrected chi connectivity index (χ2v) is 6.91. The van der Waals surface area contributed by atoms with Crippen molar-refractivity contribution in [3.05, 3.63) is 34.4 Å². The van der Waals surface area contributed by atoms with Crippen LogP contribution in [0.4, 0.5) is 11.4 Å². The molecule has 0 spiro atoms. The molecule has 0 aliphatic heterocycles. The molecular weight excluding hydrogens is 312 g/mol. The summed E-state index contributed by atoms with van der Waals surface area (Å²) in [5, 5.41) is 11.3. The molecule has 0 aromatic heterocycles. The minimum atomic E-state index is -0.267. The summed E-state index contributed by atoms with van der Waals surface area (Å²) in [4.78, 5) is 13.2. The SMILES string of the molecule is CCCCCCCCCCCCN(CCC)c1ccccc1[N+](=O)[O-]. The molecule has 0 fully saturated rings. The number of unbranched alkanes of at least 4 members (excludes halogenated alkanes) is 9. The molecule has 0 aliphatic carbocycles. The Morgan fingerprint density at radius 3 is 1.92 bits per heavy atom. The Hall–Kier alpha value is -1.58. The van der Waals surface area contributed by atoms with Gasteiger partial charge in [-0.25, -0.2) is 0 Å². The second-order valence-electron chi connectivity index (χ2n) is 6.91. The first-order valence-electron chi connectivity index (χ1n) is 10.2. The van der Waals surface area contributed by atoms with E-state index < -0.39 is 0 Å². The van der Waals surface area contributed by atoms with Gasteiger partial charge in [0.25, 0.3) is 5.69 Å². The number of anilines is 1. The van der Waals surface area contributed by atoms with Crippen LogP contribution in [-0.2, 0) is 0 Å². The monoisotopic (exact) mass is 348 g/mol. The highest BCUT2D eigenvalue weighted by Crippen LogP contribution is 2.28. The van der Waals surface area contributed by atoms with Crippen LogP contribution in [0.5, 0.6) is 0 Å². The highest BCUT2D eigenvalue weighted by Gasteiger charge is 2.17. The van der Waals surface area contributed by atoms with Gasteiger partial charge in [0.05, 0.1) is 4.92 Å². The van der Waals surface area contributed by atoms with Gasteiger partial charge in [-0.15, -0.1) is 0 Å². The standard InChI is InChI=1S/C21H36N2O2/c1-3-5-6-7-8-9-10-11-12-15-19-22(18-4-2)20-16-13-14-17-21(20)23(24)25/h13-14,16-17H,3-12,15,18-19H2,1-2H3. The largest absolute Gasteiger partial charge is 0.366 e. The fraction of sp³-hybridized carbons (Fsp3) is 0.714.